The van der Waals surface area contributed by atoms with Crippen LogP contribution >= 0.6 is 11.6 Å². The zero-order valence-corrected chi connectivity index (χ0v) is 9.82. The zero-order chi connectivity index (χ0) is 11.4. The predicted octanol–water partition coefficient (Wildman–Crippen LogP) is 4.78. The van der Waals surface area contributed by atoms with Crippen LogP contribution in [-0.4, -0.2) is 0 Å². The fraction of sp³-hybridized carbons (Fsp3) is 0.143. The molecule has 0 bridgehead atoms. The molecule has 0 fully saturated rings. The Balaban J connectivity index is 2.19. The Labute approximate surface area is 101 Å². The maximum Gasteiger partial charge on any atom is 0.127 e. The van der Waals surface area contributed by atoms with Crippen LogP contribution < -0.4 is 4.74 Å². The van der Waals surface area contributed by atoms with Gasteiger partial charge in [-0.1, -0.05) is 30.3 Å². The van der Waals surface area contributed by atoms with E-state index in [0.29, 0.717) is 0 Å². The van der Waals surface area contributed by atoms with E-state index in [1.165, 1.54) is 0 Å². The topological polar surface area (TPSA) is 9.23 Å². The van der Waals surface area contributed by atoms with Crippen molar-refractivity contribution in [3.05, 3.63) is 60.2 Å². The van der Waals surface area contributed by atoms with Crippen LogP contribution in [0.5, 0.6) is 11.5 Å². The van der Waals surface area contributed by atoms with Gasteiger partial charge in [0.2, 0.25) is 0 Å². The highest BCUT2D eigenvalue weighted by Crippen LogP contribution is 2.26. The molecule has 0 spiro atoms. The highest BCUT2D eigenvalue weighted by Gasteiger charge is 2.03. The summed E-state index contributed by atoms with van der Waals surface area (Å²) >= 11 is 6.02. The van der Waals surface area contributed by atoms with E-state index in [1.807, 2.05) is 61.5 Å². The first-order chi connectivity index (χ1) is 7.75. The molecule has 0 aromatic heterocycles. The average molecular weight is 233 g/mol. The monoisotopic (exact) mass is 232 g/mol. The summed E-state index contributed by atoms with van der Waals surface area (Å²) in [5.41, 5.74) is 1.06. The van der Waals surface area contributed by atoms with E-state index in [9.17, 15) is 0 Å². The van der Waals surface area contributed by atoms with Gasteiger partial charge in [-0.15, -0.1) is 11.6 Å². The maximum atomic E-state index is 6.02. The lowest BCUT2D eigenvalue weighted by atomic mass is 10.1. The van der Waals surface area contributed by atoms with E-state index in [2.05, 4.69) is 0 Å². The fourth-order valence-electron chi connectivity index (χ4n) is 1.45. The molecule has 16 heavy (non-hydrogen) atoms. The van der Waals surface area contributed by atoms with E-state index in [0.717, 1.165) is 17.1 Å². The first kappa shape index (κ1) is 11.0. The summed E-state index contributed by atoms with van der Waals surface area (Å²) in [6.07, 6.45) is 0. The first-order valence-electron chi connectivity index (χ1n) is 5.22. The van der Waals surface area contributed by atoms with Crippen LogP contribution in [0.3, 0.4) is 0 Å². The number of hydrogen-bond acceptors (Lipinski definition) is 1. The minimum absolute atomic E-state index is 0.000627. The molecule has 0 saturated heterocycles. The molecule has 2 rings (SSSR count). The number of para-hydroxylation sites is 1. The quantitative estimate of drug-likeness (QED) is 0.692. The average Bonchev–Trinajstić information content (AvgIpc) is 2.30. The molecular formula is C14H13ClO. The molecule has 1 unspecified atom stereocenters. The molecule has 0 radical (unpaired) electrons. The summed E-state index contributed by atoms with van der Waals surface area (Å²) in [6.45, 7) is 1.95. The Morgan fingerprint density at radius 2 is 1.62 bits per heavy atom. The second-order valence-electron chi connectivity index (χ2n) is 3.60. The van der Waals surface area contributed by atoms with Crippen molar-refractivity contribution >= 4 is 11.6 Å². The van der Waals surface area contributed by atoms with E-state index in [-0.39, 0.29) is 5.38 Å². The van der Waals surface area contributed by atoms with Crippen LogP contribution in [-0.2, 0) is 0 Å². The summed E-state index contributed by atoms with van der Waals surface area (Å²) in [5.74, 6) is 1.65. The van der Waals surface area contributed by atoms with Crippen molar-refractivity contribution in [1.82, 2.24) is 0 Å². The van der Waals surface area contributed by atoms with Crippen molar-refractivity contribution in [3.63, 3.8) is 0 Å². The molecule has 0 saturated carbocycles. The first-order valence-corrected chi connectivity index (χ1v) is 5.66. The van der Waals surface area contributed by atoms with Crippen molar-refractivity contribution in [2.75, 3.05) is 0 Å². The number of hydrogen-bond donors (Lipinski definition) is 0. The van der Waals surface area contributed by atoms with Gasteiger partial charge in [-0.25, -0.2) is 0 Å². The number of halogens is 1. The lowest BCUT2D eigenvalue weighted by Crippen LogP contribution is -1.87. The van der Waals surface area contributed by atoms with E-state index < -0.39 is 0 Å². The van der Waals surface area contributed by atoms with Gasteiger partial charge in [-0.3, -0.25) is 0 Å². The minimum atomic E-state index is -0.000627. The minimum Gasteiger partial charge on any atom is -0.457 e. The van der Waals surface area contributed by atoms with Crippen LogP contribution in [0.15, 0.2) is 54.6 Å². The highest BCUT2D eigenvalue weighted by molar-refractivity contribution is 6.20. The Morgan fingerprint density at radius 3 is 2.31 bits per heavy atom. The summed E-state index contributed by atoms with van der Waals surface area (Å²) in [6, 6.07) is 17.5. The molecule has 0 amide bonds. The zero-order valence-electron chi connectivity index (χ0n) is 9.06. The van der Waals surface area contributed by atoms with Crippen LogP contribution in [0.25, 0.3) is 0 Å². The lowest BCUT2D eigenvalue weighted by molar-refractivity contribution is 0.482. The van der Waals surface area contributed by atoms with Crippen LogP contribution in [0.2, 0.25) is 0 Å². The van der Waals surface area contributed by atoms with Gasteiger partial charge in [-0.05, 0) is 36.8 Å². The Hall–Kier alpha value is -1.47. The summed E-state index contributed by atoms with van der Waals surface area (Å²) in [7, 11) is 0. The summed E-state index contributed by atoms with van der Waals surface area (Å²) < 4.78 is 5.71. The van der Waals surface area contributed by atoms with Crippen LogP contribution in [0, 0.1) is 0 Å². The molecule has 2 aromatic carbocycles. The Kier molecular flexibility index (Phi) is 3.47. The molecular weight excluding hydrogens is 220 g/mol. The molecule has 1 nitrogen and oxygen atoms in total. The molecule has 0 aliphatic heterocycles. The van der Waals surface area contributed by atoms with Gasteiger partial charge in [0.1, 0.15) is 11.5 Å². The van der Waals surface area contributed by atoms with Gasteiger partial charge in [0.25, 0.3) is 0 Å². The van der Waals surface area contributed by atoms with Gasteiger partial charge in [0.15, 0.2) is 0 Å². The molecule has 82 valence electrons. The molecule has 0 aliphatic rings. The lowest BCUT2D eigenvalue weighted by Gasteiger charge is -2.08. The van der Waals surface area contributed by atoms with Crippen molar-refractivity contribution in [2.24, 2.45) is 0 Å². The van der Waals surface area contributed by atoms with E-state index >= 15 is 0 Å². The smallest absolute Gasteiger partial charge is 0.127 e. The fourth-order valence-corrected chi connectivity index (χ4v) is 1.59. The second kappa shape index (κ2) is 5.04. The molecule has 0 N–H and O–H groups in total. The maximum absolute atomic E-state index is 6.02. The van der Waals surface area contributed by atoms with E-state index in [1.54, 1.807) is 0 Å². The third kappa shape index (κ3) is 2.77. The Bertz CT molecular complexity index is 451. The summed E-state index contributed by atoms with van der Waals surface area (Å²) in [5, 5.41) is -0.000627. The standard InChI is InChI=1S/C14H13ClO/c1-11(15)12-6-5-9-14(10-12)16-13-7-3-2-4-8-13/h2-11H,1H3. The van der Waals surface area contributed by atoms with Gasteiger partial charge < -0.3 is 4.74 Å². The van der Waals surface area contributed by atoms with Gasteiger partial charge in [0.05, 0.1) is 5.38 Å². The van der Waals surface area contributed by atoms with Gasteiger partial charge >= 0.3 is 0 Å². The Morgan fingerprint density at radius 1 is 0.938 bits per heavy atom. The molecule has 2 heteroatoms. The highest BCUT2D eigenvalue weighted by atomic mass is 35.5. The molecule has 0 aliphatic carbocycles. The van der Waals surface area contributed by atoms with Crippen molar-refractivity contribution in [1.29, 1.82) is 0 Å². The second-order valence-corrected chi connectivity index (χ2v) is 4.26. The van der Waals surface area contributed by atoms with Gasteiger partial charge in [0, 0.05) is 0 Å². The molecule has 2 aromatic rings. The van der Waals surface area contributed by atoms with Crippen molar-refractivity contribution in [3.8, 4) is 11.5 Å². The van der Waals surface area contributed by atoms with Crippen LogP contribution in [0.4, 0.5) is 0 Å². The third-order valence-electron chi connectivity index (χ3n) is 2.30. The predicted molar refractivity (Wildman–Crippen MR) is 67.2 cm³/mol. The van der Waals surface area contributed by atoms with Gasteiger partial charge in [-0.2, -0.15) is 0 Å². The number of alkyl halides is 1. The number of benzene rings is 2. The van der Waals surface area contributed by atoms with Crippen molar-refractivity contribution in [2.45, 2.75) is 12.3 Å². The summed E-state index contributed by atoms with van der Waals surface area (Å²) in [4.78, 5) is 0. The van der Waals surface area contributed by atoms with E-state index in [4.69, 9.17) is 16.3 Å². The SMILES string of the molecule is CC(Cl)c1cccc(Oc2ccccc2)c1. The van der Waals surface area contributed by atoms with Crippen molar-refractivity contribution < 1.29 is 4.74 Å². The normalized spacial score (nSPS) is 12.1. The largest absolute Gasteiger partial charge is 0.457 e. The molecule has 0 heterocycles. The molecule has 1 atom stereocenters. The number of rotatable bonds is 3. The van der Waals surface area contributed by atoms with Crippen LogP contribution in [0.1, 0.15) is 17.9 Å². The number of ether oxygens (including phenoxy) is 1. The third-order valence-corrected chi connectivity index (χ3v) is 2.55.